The average Bonchev–Trinajstić information content (AvgIpc) is 2.75. The van der Waals surface area contributed by atoms with Crippen molar-refractivity contribution in [1.29, 1.82) is 0 Å². The molecule has 0 aliphatic heterocycles. The fourth-order valence-electron chi connectivity index (χ4n) is 1.40. The van der Waals surface area contributed by atoms with E-state index in [4.69, 9.17) is 5.11 Å². The lowest BCUT2D eigenvalue weighted by Gasteiger charge is -2.05. The van der Waals surface area contributed by atoms with Crippen LogP contribution in [0.5, 0.6) is 0 Å². The zero-order valence-corrected chi connectivity index (χ0v) is 11.7. The van der Waals surface area contributed by atoms with E-state index in [1.54, 1.807) is 11.4 Å². The Bertz CT molecular complexity index is 656. The van der Waals surface area contributed by atoms with E-state index in [0.29, 0.717) is 5.56 Å². The lowest BCUT2D eigenvalue weighted by Crippen LogP contribution is -2.11. The van der Waals surface area contributed by atoms with Crippen LogP contribution >= 0.6 is 27.3 Å². The molecule has 0 aliphatic rings. The Balaban J connectivity index is 2.18. The number of anilines is 1. The second-order valence-electron chi connectivity index (χ2n) is 3.59. The highest BCUT2D eigenvalue weighted by molar-refractivity contribution is 9.11. The molecule has 2 N–H and O–H groups in total. The third-order valence-corrected chi connectivity index (χ3v) is 3.79. The number of carbonyl (C=O) groups excluding carboxylic acids is 1. The minimum atomic E-state index is -1.35. The largest absolute Gasteiger partial charge is 0.478 e. The number of carbonyl (C=O) groups is 2. The molecular formula is C12H7BrFNO3S. The molecule has 0 saturated heterocycles. The lowest BCUT2D eigenvalue weighted by atomic mass is 10.2. The quantitative estimate of drug-likeness (QED) is 0.894. The molecule has 0 spiro atoms. The van der Waals surface area contributed by atoms with Crippen molar-refractivity contribution in [2.75, 3.05) is 5.32 Å². The summed E-state index contributed by atoms with van der Waals surface area (Å²) in [6.45, 7) is 0. The van der Waals surface area contributed by atoms with Gasteiger partial charge in [-0.2, -0.15) is 0 Å². The van der Waals surface area contributed by atoms with Gasteiger partial charge in [0.1, 0.15) is 5.82 Å². The van der Waals surface area contributed by atoms with Gasteiger partial charge in [0, 0.05) is 11.1 Å². The van der Waals surface area contributed by atoms with Gasteiger partial charge in [-0.25, -0.2) is 9.18 Å². The molecule has 1 heterocycles. The fourth-order valence-corrected chi connectivity index (χ4v) is 2.54. The molecule has 1 amide bonds. The first kappa shape index (κ1) is 13.7. The zero-order valence-electron chi connectivity index (χ0n) is 9.31. The summed E-state index contributed by atoms with van der Waals surface area (Å²) in [5.74, 6) is -2.63. The molecule has 0 bridgehead atoms. The normalized spacial score (nSPS) is 10.2. The van der Waals surface area contributed by atoms with E-state index < -0.39 is 17.3 Å². The standard InChI is InChI=1S/C12H7BrFNO3S/c13-10-3-6(5-19-10)11(16)15-7-1-2-8(12(17)18)9(14)4-7/h1-5H,(H,15,16)(H,17,18). The first-order chi connectivity index (χ1) is 8.97. The third kappa shape index (κ3) is 3.18. The van der Waals surface area contributed by atoms with Crippen molar-refractivity contribution in [2.45, 2.75) is 0 Å². The maximum Gasteiger partial charge on any atom is 0.338 e. The number of benzene rings is 1. The van der Waals surface area contributed by atoms with E-state index in [9.17, 15) is 14.0 Å². The van der Waals surface area contributed by atoms with E-state index in [0.717, 1.165) is 15.9 Å². The Morgan fingerprint density at radius 3 is 2.58 bits per heavy atom. The van der Waals surface area contributed by atoms with Gasteiger partial charge in [-0.1, -0.05) is 0 Å². The summed E-state index contributed by atoms with van der Waals surface area (Å²) in [7, 11) is 0. The molecule has 2 aromatic rings. The summed E-state index contributed by atoms with van der Waals surface area (Å²) in [6.07, 6.45) is 0. The second kappa shape index (κ2) is 5.50. The molecule has 0 aliphatic carbocycles. The van der Waals surface area contributed by atoms with Gasteiger partial charge in [-0.05, 0) is 40.2 Å². The number of carboxylic acids is 1. The Morgan fingerprint density at radius 1 is 1.32 bits per heavy atom. The molecule has 0 saturated carbocycles. The van der Waals surface area contributed by atoms with Crippen LogP contribution in [-0.4, -0.2) is 17.0 Å². The third-order valence-electron chi connectivity index (χ3n) is 2.29. The number of rotatable bonds is 3. The predicted molar refractivity (Wildman–Crippen MR) is 73.3 cm³/mol. The van der Waals surface area contributed by atoms with Crippen LogP contribution in [0.3, 0.4) is 0 Å². The Labute approximate surface area is 120 Å². The molecule has 98 valence electrons. The number of amides is 1. The molecule has 1 aromatic heterocycles. The van der Waals surface area contributed by atoms with Crippen LogP contribution in [0.2, 0.25) is 0 Å². The number of carboxylic acid groups (broad SMARTS) is 1. The monoisotopic (exact) mass is 343 g/mol. The van der Waals surface area contributed by atoms with Gasteiger partial charge < -0.3 is 10.4 Å². The van der Waals surface area contributed by atoms with Crippen molar-refractivity contribution in [2.24, 2.45) is 0 Å². The minimum absolute atomic E-state index is 0.204. The first-order valence-electron chi connectivity index (χ1n) is 5.05. The lowest BCUT2D eigenvalue weighted by molar-refractivity contribution is 0.0692. The van der Waals surface area contributed by atoms with Crippen molar-refractivity contribution in [3.63, 3.8) is 0 Å². The molecule has 19 heavy (non-hydrogen) atoms. The van der Waals surface area contributed by atoms with E-state index >= 15 is 0 Å². The van der Waals surface area contributed by atoms with Gasteiger partial charge in [0.05, 0.1) is 14.9 Å². The molecule has 0 unspecified atom stereocenters. The van der Waals surface area contributed by atoms with Crippen molar-refractivity contribution in [3.8, 4) is 0 Å². The summed E-state index contributed by atoms with van der Waals surface area (Å²) in [4.78, 5) is 22.4. The van der Waals surface area contributed by atoms with Crippen LogP contribution in [0.4, 0.5) is 10.1 Å². The van der Waals surface area contributed by atoms with Gasteiger partial charge in [-0.15, -0.1) is 11.3 Å². The second-order valence-corrected chi connectivity index (χ2v) is 5.88. The SMILES string of the molecule is O=C(Nc1ccc(C(=O)O)c(F)c1)c1csc(Br)c1. The summed E-state index contributed by atoms with van der Waals surface area (Å²) >= 11 is 4.59. The van der Waals surface area contributed by atoms with Crippen LogP contribution in [0.25, 0.3) is 0 Å². The van der Waals surface area contributed by atoms with Crippen LogP contribution in [0.15, 0.2) is 33.4 Å². The van der Waals surface area contributed by atoms with Gasteiger partial charge >= 0.3 is 5.97 Å². The number of thiophene rings is 1. The number of aromatic carboxylic acids is 1. The van der Waals surface area contributed by atoms with E-state index in [1.165, 1.54) is 17.4 Å². The highest BCUT2D eigenvalue weighted by atomic mass is 79.9. The summed E-state index contributed by atoms with van der Waals surface area (Å²) in [5, 5.41) is 12.8. The molecule has 1 aromatic carbocycles. The molecule has 4 nitrogen and oxygen atoms in total. The van der Waals surface area contributed by atoms with E-state index in [1.807, 2.05) is 0 Å². The Hall–Kier alpha value is -1.73. The van der Waals surface area contributed by atoms with Gasteiger partial charge in [0.2, 0.25) is 0 Å². The summed E-state index contributed by atoms with van der Waals surface area (Å²) in [5.41, 5.74) is 0.214. The Morgan fingerprint density at radius 2 is 2.05 bits per heavy atom. The van der Waals surface area contributed by atoms with Gasteiger partial charge in [0.25, 0.3) is 5.91 Å². The predicted octanol–water partition coefficient (Wildman–Crippen LogP) is 3.60. The minimum Gasteiger partial charge on any atom is -0.478 e. The molecule has 0 atom stereocenters. The van der Waals surface area contributed by atoms with E-state index in [2.05, 4.69) is 21.2 Å². The highest BCUT2D eigenvalue weighted by Crippen LogP contribution is 2.22. The zero-order chi connectivity index (χ0) is 14.0. The molecule has 2 rings (SSSR count). The van der Waals surface area contributed by atoms with Crippen LogP contribution in [0, 0.1) is 5.82 Å². The molecule has 0 radical (unpaired) electrons. The van der Waals surface area contributed by atoms with Crippen molar-refractivity contribution in [1.82, 2.24) is 0 Å². The first-order valence-corrected chi connectivity index (χ1v) is 6.73. The van der Waals surface area contributed by atoms with Crippen molar-refractivity contribution < 1.29 is 19.1 Å². The maximum atomic E-state index is 13.4. The van der Waals surface area contributed by atoms with E-state index in [-0.39, 0.29) is 11.6 Å². The van der Waals surface area contributed by atoms with Crippen molar-refractivity contribution in [3.05, 3.63) is 50.4 Å². The number of hydrogen-bond donors (Lipinski definition) is 2. The van der Waals surface area contributed by atoms with Crippen molar-refractivity contribution >= 4 is 44.8 Å². The van der Waals surface area contributed by atoms with Gasteiger partial charge in [-0.3, -0.25) is 4.79 Å². The summed E-state index contributed by atoms with van der Waals surface area (Å²) < 4.78 is 14.2. The van der Waals surface area contributed by atoms with Crippen LogP contribution in [0.1, 0.15) is 20.7 Å². The fraction of sp³-hybridized carbons (Fsp3) is 0. The number of halogens is 2. The molecular weight excluding hydrogens is 337 g/mol. The summed E-state index contributed by atoms with van der Waals surface area (Å²) in [6, 6.07) is 5.06. The number of hydrogen-bond acceptors (Lipinski definition) is 3. The Kier molecular flexibility index (Phi) is 3.96. The highest BCUT2D eigenvalue weighted by Gasteiger charge is 2.13. The topological polar surface area (TPSA) is 66.4 Å². The maximum absolute atomic E-state index is 13.4. The number of nitrogens with one attached hydrogen (secondary N) is 1. The molecule has 0 fully saturated rings. The van der Waals surface area contributed by atoms with Gasteiger partial charge in [0.15, 0.2) is 0 Å². The van der Waals surface area contributed by atoms with Crippen LogP contribution in [-0.2, 0) is 0 Å². The van der Waals surface area contributed by atoms with Crippen LogP contribution < -0.4 is 5.32 Å². The smallest absolute Gasteiger partial charge is 0.338 e. The average molecular weight is 344 g/mol. The molecule has 7 heteroatoms.